The molecule has 0 aliphatic heterocycles. The zero-order valence-corrected chi connectivity index (χ0v) is 13.3. The van der Waals surface area contributed by atoms with Gasteiger partial charge in [-0.2, -0.15) is 0 Å². The monoisotopic (exact) mass is 315 g/mol. The molecule has 3 rings (SSSR count). The Hall–Kier alpha value is -2.07. The van der Waals surface area contributed by atoms with Crippen LogP contribution in [0.2, 0.25) is 0 Å². The topological polar surface area (TPSA) is 30.5 Å². The first-order chi connectivity index (χ1) is 11.3. The van der Waals surface area contributed by atoms with Crippen molar-refractivity contribution in [3.8, 4) is 11.5 Å². The molecule has 1 saturated carbocycles. The van der Waals surface area contributed by atoms with E-state index in [1.54, 1.807) is 19.2 Å². The highest BCUT2D eigenvalue weighted by Crippen LogP contribution is 2.41. The molecule has 1 N–H and O–H groups in total. The zero-order chi connectivity index (χ0) is 16.1. The van der Waals surface area contributed by atoms with Gasteiger partial charge in [-0.15, -0.1) is 0 Å². The molecule has 2 aromatic carbocycles. The molecule has 0 spiro atoms. The maximum absolute atomic E-state index is 12.8. The minimum atomic E-state index is -0.247. The zero-order valence-electron chi connectivity index (χ0n) is 13.3. The van der Waals surface area contributed by atoms with Crippen molar-refractivity contribution in [2.45, 2.75) is 18.9 Å². The smallest absolute Gasteiger partial charge is 0.123 e. The van der Waals surface area contributed by atoms with Crippen molar-refractivity contribution >= 4 is 0 Å². The van der Waals surface area contributed by atoms with Crippen LogP contribution in [-0.2, 0) is 0 Å². The van der Waals surface area contributed by atoms with E-state index in [-0.39, 0.29) is 5.82 Å². The molecule has 23 heavy (non-hydrogen) atoms. The third-order valence-corrected chi connectivity index (χ3v) is 4.12. The van der Waals surface area contributed by atoms with Crippen molar-refractivity contribution in [1.82, 2.24) is 5.32 Å². The van der Waals surface area contributed by atoms with Crippen molar-refractivity contribution in [2.24, 2.45) is 5.92 Å². The Balaban J connectivity index is 1.50. The molecule has 1 fully saturated rings. The largest absolute Gasteiger partial charge is 0.497 e. The van der Waals surface area contributed by atoms with Gasteiger partial charge in [0.05, 0.1) is 7.11 Å². The highest BCUT2D eigenvalue weighted by molar-refractivity contribution is 5.30. The lowest BCUT2D eigenvalue weighted by molar-refractivity contribution is 0.300. The molecule has 1 atom stereocenters. The highest BCUT2D eigenvalue weighted by Gasteiger charge is 2.31. The number of benzene rings is 2. The second-order valence-electron chi connectivity index (χ2n) is 5.84. The van der Waals surface area contributed by atoms with Crippen LogP contribution in [0.15, 0.2) is 48.5 Å². The molecule has 0 radical (unpaired) electrons. The molecular formula is C19H22FNO2. The molecule has 4 heteroatoms. The fourth-order valence-corrected chi connectivity index (χ4v) is 2.71. The average molecular weight is 315 g/mol. The van der Waals surface area contributed by atoms with Crippen molar-refractivity contribution in [3.05, 3.63) is 59.9 Å². The Bertz CT molecular complexity index is 608. The summed E-state index contributed by atoms with van der Waals surface area (Å²) >= 11 is 0. The van der Waals surface area contributed by atoms with E-state index in [0.29, 0.717) is 24.3 Å². The van der Waals surface area contributed by atoms with Gasteiger partial charge < -0.3 is 14.8 Å². The molecule has 1 aliphatic rings. The minimum absolute atomic E-state index is 0.247. The van der Waals surface area contributed by atoms with E-state index in [9.17, 15) is 4.39 Å². The molecule has 3 nitrogen and oxygen atoms in total. The van der Waals surface area contributed by atoms with E-state index in [1.807, 2.05) is 12.1 Å². The van der Waals surface area contributed by atoms with Gasteiger partial charge in [0, 0.05) is 12.6 Å². The van der Waals surface area contributed by atoms with Gasteiger partial charge in [0.15, 0.2) is 0 Å². The molecule has 0 heterocycles. The fourth-order valence-electron chi connectivity index (χ4n) is 2.71. The van der Waals surface area contributed by atoms with E-state index in [0.717, 1.165) is 12.3 Å². The number of halogens is 1. The van der Waals surface area contributed by atoms with Gasteiger partial charge >= 0.3 is 0 Å². The first kappa shape index (κ1) is 15.8. The van der Waals surface area contributed by atoms with Crippen molar-refractivity contribution < 1.29 is 13.9 Å². The van der Waals surface area contributed by atoms with Crippen LogP contribution in [-0.4, -0.2) is 20.3 Å². The lowest BCUT2D eigenvalue weighted by Crippen LogP contribution is -2.27. The standard InChI is InChI=1S/C19H22FNO2/c1-22-17-8-4-15(5-9-17)19(14-2-3-14)21-12-13-23-18-10-6-16(20)7-11-18/h4-11,14,19,21H,2-3,12-13H2,1H3. The summed E-state index contributed by atoms with van der Waals surface area (Å²) in [5.74, 6) is 2.03. The number of hydrogen-bond acceptors (Lipinski definition) is 3. The second-order valence-corrected chi connectivity index (χ2v) is 5.84. The number of methoxy groups -OCH3 is 1. The molecule has 122 valence electrons. The molecule has 0 aromatic heterocycles. The van der Waals surface area contributed by atoms with Crippen LogP contribution >= 0.6 is 0 Å². The predicted octanol–water partition coefficient (Wildman–Crippen LogP) is 3.95. The van der Waals surface area contributed by atoms with Crippen LogP contribution in [0.5, 0.6) is 11.5 Å². The molecular weight excluding hydrogens is 293 g/mol. The van der Waals surface area contributed by atoms with Gasteiger partial charge in [-0.25, -0.2) is 4.39 Å². The first-order valence-electron chi connectivity index (χ1n) is 8.02. The third kappa shape index (κ3) is 4.45. The van der Waals surface area contributed by atoms with Crippen LogP contribution in [0.1, 0.15) is 24.4 Å². The van der Waals surface area contributed by atoms with Crippen LogP contribution in [0.25, 0.3) is 0 Å². The van der Waals surface area contributed by atoms with Crippen LogP contribution in [0.4, 0.5) is 4.39 Å². The van der Waals surface area contributed by atoms with Crippen LogP contribution in [0, 0.1) is 11.7 Å². The Morgan fingerprint density at radius 3 is 2.30 bits per heavy atom. The summed E-state index contributed by atoms with van der Waals surface area (Å²) < 4.78 is 23.7. The molecule has 0 amide bonds. The summed E-state index contributed by atoms with van der Waals surface area (Å²) in [6, 6.07) is 14.7. The summed E-state index contributed by atoms with van der Waals surface area (Å²) in [7, 11) is 1.68. The van der Waals surface area contributed by atoms with E-state index >= 15 is 0 Å². The van der Waals surface area contributed by atoms with E-state index < -0.39 is 0 Å². The van der Waals surface area contributed by atoms with E-state index in [4.69, 9.17) is 9.47 Å². The van der Waals surface area contributed by atoms with Gasteiger partial charge in [0.25, 0.3) is 0 Å². The first-order valence-corrected chi connectivity index (χ1v) is 8.02. The lowest BCUT2D eigenvalue weighted by Gasteiger charge is -2.19. The van der Waals surface area contributed by atoms with E-state index in [1.165, 1.54) is 30.5 Å². The second kappa shape index (κ2) is 7.47. The SMILES string of the molecule is COc1ccc(C(NCCOc2ccc(F)cc2)C2CC2)cc1. The molecule has 1 aliphatic carbocycles. The van der Waals surface area contributed by atoms with Gasteiger partial charge in [0.1, 0.15) is 23.9 Å². The van der Waals surface area contributed by atoms with Crippen molar-refractivity contribution in [1.29, 1.82) is 0 Å². The van der Waals surface area contributed by atoms with Crippen molar-refractivity contribution in [2.75, 3.05) is 20.3 Å². The number of ether oxygens (including phenoxy) is 2. The molecule has 2 aromatic rings. The highest BCUT2D eigenvalue weighted by atomic mass is 19.1. The quantitative estimate of drug-likeness (QED) is 0.748. The molecule has 0 saturated heterocycles. The number of rotatable bonds is 8. The van der Waals surface area contributed by atoms with Gasteiger partial charge in [-0.1, -0.05) is 12.1 Å². The normalized spacial score (nSPS) is 15.2. The van der Waals surface area contributed by atoms with Gasteiger partial charge in [-0.3, -0.25) is 0 Å². The predicted molar refractivity (Wildman–Crippen MR) is 88.4 cm³/mol. The van der Waals surface area contributed by atoms with Crippen molar-refractivity contribution in [3.63, 3.8) is 0 Å². The Morgan fingerprint density at radius 2 is 1.70 bits per heavy atom. The summed E-state index contributed by atoms with van der Waals surface area (Å²) in [5, 5.41) is 3.58. The maximum Gasteiger partial charge on any atom is 0.123 e. The average Bonchev–Trinajstić information content (AvgIpc) is 3.42. The van der Waals surface area contributed by atoms with Crippen LogP contribution < -0.4 is 14.8 Å². The summed E-state index contributed by atoms with van der Waals surface area (Å²) in [6.07, 6.45) is 2.53. The summed E-state index contributed by atoms with van der Waals surface area (Å²) in [5.41, 5.74) is 1.29. The Morgan fingerprint density at radius 1 is 1.04 bits per heavy atom. The van der Waals surface area contributed by atoms with Crippen LogP contribution in [0.3, 0.4) is 0 Å². The third-order valence-electron chi connectivity index (χ3n) is 4.12. The fraction of sp³-hybridized carbons (Fsp3) is 0.368. The number of hydrogen-bond donors (Lipinski definition) is 1. The van der Waals surface area contributed by atoms with Gasteiger partial charge in [0.2, 0.25) is 0 Å². The van der Waals surface area contributed by atoms with Gasteiger partial charge in [-0.05, 0) is 60.7 Å². The Kier molecular flexibility index (Phi) is 5.13. The minimum Gasteiger partial charge on any atom is -0.497 e. The Labute approximate surface area is 136 Å². The summed E-state index contributed by atoms with van der Waals surface area (Å²) in [4.78, 5) is 0. The number of nitrogens with one attached hydrogen (secondary N) is 1. The maximum atomic E-state index is 12.8. The summed E-state index contributed by atoms with van der Waals surface area (Å²) in [6.45, 7) is 1.32. The molecule has 0 bridgehead atoms. The lowest BCUT2D eigenvalue weighted by atomic mass is 10.0. The molecule has 1 unspecified atom stereocenters. The van der Waals surface area contributed by atoms with E-state index in [2.05, 4.69) is 17.4 Å².